The molecule has 2 N–H and O–H groups in total. The molecule has 0 spiro atoms. The third kappa shape index (κ3) is 2.50. The summed E-state index contributed by atoms with van der Waals surface area (Å²) in [6.45, 7) is 0. The van der Waals surface area contributed by atoms with Crippen LogP contribution in [0.1, 0.15) is 36.9 Å². The lowest BCUT2D eigenvalue weighted by Crippen LogP contribution is -2.49. The van der Waals surface area contributed by atoms with E-state index >= 15 is 0 Å². The Labute approximate surface area is 134 Å². The molecule has 1 aromatic rings. The Morgan fingerprint density at radius 3 is 2.87 bits per heavy atom. The molecule has 1 unspecified atom stereocenters. The van der Waals surface area contributed by atoms with Crippen molar-refractivity contribution in [3.05, 3.63) is 23.8 Å². The van der Waals surface area contributed by atoms with E-state index in [-0.39, 0.29) is 23.8 Å². The number of hydrogen-bond acceptors (Lipinski definition) is 4. The van der Waals surface area contributed by atoms with Gasteiger partial charge in [0, 0.05) is 23.9 Å². The molecule has 0 saturated heterocycles. The summed E-state index contributed by atoms with van der Waals surface area (Å²) in [6.07, 6.45) is 8.53. The van der Waals surface area contributed by atoms with E-state index in [1.165, 1.54) is 0 Å². The Morgan fingerprint density at radius 1 is 1.22 bits per heavy atom. The van der Waals surface area contributed by atoms with Gasteiger partial charge in [0.15, 0.2) is 0 Å². The minimum absolute atomic E-state index is 0.00306. The molecule has 1 aromatic heterocycles. The van der Waals surface area contributed by atoms with Crippen LogP contribution in [-0.4, -0.2) is 33.0 Å². The molecule has 3 aliphatic carbocycles. The summed E-state index contributed by atoms with van der Waals surface area (Å²) in [4.78, 5) is 32.5. The average Bonchev–Trinajstić information content (AvgIpc) is 3.15. The van der Waals surface area contributed by atoms with Crippen molar-refractivity contribution < 1.29 is 14.7 Å². The second-order valence-corrected chi connectivity index (χ2v) is 7.17. The van der Waals surface area contributed by atoms with Crippen molar-refractivity contribution in [2.75, 3.05) is 0 Å². The summed E-state index contributed by atoms with van der Waals surface area (Å²) < 4.78 is 0. The number of carbonyl (C=O) groups excluding carboxylic acids is 1. The molecule has 2 fully saturated rings. The molecule has 2 saturated carbocycles. The molecule has 1 amide bonds. The first-order valence-corrected chi connectivity index (χ1v) is 8.44. The van der Waals surface area contributed by atoms with Crippen molar-refractivity contribution >= 4 is 11.9 Å². The number of aryl methyl sites for hydroxylation is 1. The quantitative estimate of drug-likeness (QED) is 0.874. The van der Waals surface area contributed by atoms with Gasteiger partial charge in [-0.15, -0.1) is 0 Å². The van der Waals surface area contributed by atoms with E-state index in [1.807, 2.05) is 0 Å². The number of rotatable bonds is 3. The fraction of sp³-hybridized carbons (Fsp3) is 0.647. The molecule has 6 heteroatoms. The molecule has 23 heavy (non-hydrogen) atoms. The van der Waals surface area contributed by atoms with E-state index in [9.17, 15) is 14.7 Å². The van der Waals surface area contributed by atoms with Gasteiger partial charge in [-0.2, -0.15) is 0 Å². The SMILES string of the molecule is O=C(N[C@@H]1[C@H]2CC[C@H](C2)[C@@H]1C(=O)O)C1CCc2ncncc2C1. The fourth-order valence-corrected chi connectivity index (χ4v) is 4.82. The maximum atomic E-state index is 12.7. The molecule has 1 heterocycles. The molecule has 4 rings (SSSR count). The maximum absolute atomic E-state index is 12.7. The highest BCUT2D eigenvalue weighted by Crippen LogP contribution is 2.48. The summed E-state index contributed by atoms with van der Waals surface area (Å²) in [5.41, 5.74) is 2.08. The van der Waals surface area contributed by atoms with Crippen molar-refractivity contribution in [1.82, 2.24) is 15.3 Å². The van der Waals surface area contributed by atoms with Gasteiger partial charge in [0.05, 0.1) is 5.92 Å². The average molecular weight is 315 g/mol. The number of aliphatic carboxylic acids is 1. The van der Waals surface area contributed by atoms with Crippen LogP contribution < -0.4 is 5.32 Å². The van der Waals surface area contributed by atoms with Gasteiger partial charge in [-0.3, -0.25) is 9.59 Å². The number of carboxylic acid groups (broad SMARTS) is 1. The van der Waals surface area contributed by atoms with Crippen LogP contribution >= 0.6 is 0 Å². The maximum Gasteiger partial charge on any atom is 0.308 e. The third-order valence-corrected chi connectivity index (χ3v) is 5.96. The zero-order valence-corrected chi connectivity index (χ0v) is 12.9. The van der Waals surface area contributed by atoms with Crippen LogP contribution in [0, 0.1) is 23.7 Å². The van der Waals surface area contributed by atoms with Gasteiger partial charge < -0.3 is 10.4 Å². The molecule has 0 radical (unpaired) electrons. The van der Waals surface area contributed by atoms with E-state index < -0.39 is 11.9 Å². The van der Waals surface area contributed by atoms with Crippen LogP contribution in [0.15, 0.2) is 12.5 Å². The second kappa shape index (κ2) is 5.58. The lowest BCUT2D eigenvalue weighted by molar-refractivity contribution is -0.145. The van der Waals surface area contributed by atoms with Crippen molar-refractivity contribution in [3.63, 3.8) is 0 Å². The van der Waals surface area contributed by atoms with Gasteiger partial charge in [0.1, 0.15) is 6.33 Å². The highest BCUT2D eigenvalue weighted by molar-refractivity contribution is 5.81. The highest BCUT2D eigenvalue weighted by Gasteiger charge is 2.51. The number of nitrogens with one attached hydrogen (secondary N) is 1. The van der Waals surface area contributed by atoms with E-state index in [2.05, 4.69) is 15.3 Å². The number of amides is 1. The van der Waals surface area contributed by atoms with Crippen LogP contribution in [0.2, 0.25) is 0 Å². The number of aromatic nitrogens is 2. The van der Waals surface area contributed by atoms with Gasteiger partial charge in [-0.05, 0) is 55.9 Å². The fourth-order valence-electron chi connectivity index (χ4n) is 4.82. The number of hydrogen-bond donors (Lipinski definition) is 2. The summed E-state index contributed by atoms with van der Waals surface area (Å²) >= 11 is 0. The summed E-state index contributed by atoms with van der Waals surface area (Å²) in [5, 5.41) is 12.6. The first kappa shape index (κ1) is 14.6. The van der Waals surface area contributed by atoms with Gasteiger partial charge in [-0.25, -0.2) is 9.97 Å². The standard InChI is InChI=1S/C17H21N3O3/c21-16(11-3-4-13-12(6-11)7-18-8-19-13)20-15-10-2-1-9(5-10)14(15)17(22)23/h7-11,14-15H,1-6H2,(H,20,21)(H,22,23)/t9-,10+,11?,14+,15-/m1/s1. The molecule has 3 aliphatic rings. The van der Waals surface area contributed by atoms with Gasteiger partial charge in [0.25, 0.3) is 0 Å². The van der Waals surface area contributed by atoms with Crippen LogP contribution in [-0.2, 0) is 22.4 Å². The van der Waals surface area contributed by atoms with E-state index in [0.29, 0.717) is 12.3 Å². The summed E-state index contributed by atoms with van der Waals surface area (Å²) in [5.74, 6) is -0.681. The molecule has 6 nitrogen and oxygen atoms in total. The number of fused-ring (bicyclic) bond motifs is 3. The Morgan fingerprint density at radius 2 is 2.04 bits per heavy atom. The van der Waals surface area contributed by atoms with Crippen LogP contribution in [0.4, 0.5) is 0 Å². The molecular weight excluding hydrogens is 294 g/mol. The molecule has 0 aliphatic heterocycles. The van der Waals surface area contributed by atoms with Crippen LogP contribution in [0.5, 0.6) is 0 Å². The monoisotopic (exact) mass is 315 g/mol. The van der Waals surface area contributed by atoms with Crippen LogP contribution in [0.25, 0.3) is 0 Å². The van der Waals surface area contributed by atoms with E-state index in [1.54, 1.807) is 12.5 Å². The molecular formula is C17H21N3O3. The van der Waals surface area contributed by atoms with Crippen molar-refractivity contribution in [2.45, 2.75) is 44.6 Å². The smallest absolute Gasteiger partial charge is 0.308 e. The third-order valence-electron chi connectivity index (χ3n) is 5.96. The molecule has 122 valence electrons. The number of carboxylic acids is 1. The van der Waals surface area contributed by atoms with Gasteiger partial charge in [-0.1, -0.05) is 0 Å². The Kier molecular flexibility index (Phi) is 3.54. The molecule has 0 aromatic carbocycles. The zero-order valence-electron chi connectivity index (χ0n) is 12.9. The molecule has 2 bridgehead atoms. The summed E-state index contributed by atoms with van der Waals surface area (Å²) in [7, 11) is 0. The first-order valence-electron chi connectivity index (χ1n) is 8.44. The van der Waals surface area contributed by atoms with Crippen molar-refractivity contribution in [1.29, 1.82) is 0 Å². The normalized spacial score (nSPS) is 34.9. The predicted molar refractivity (Wildman–Crippen MR) is 81.4 cm³/mol. The summed E-state index contributed by atoms with van der Waals surface area (Å²) in [6, 6.07) is -0.188. The van der Waals surface area contributed by atoms with Gasteiger partial charge in [0.2, 0.25) is 5.91 Å². The highest BCUT2D eigenvalue weighted by atomic mass is 16.4. The molecule has 5 atom stereocenters. The largest absolute Gasteiger partial charge is 0.481 e. The van der Waals surface area contributed by atoms with Crippen molar-refractivity contribution in [3.8, 4) is 0 Å². The van der Waals surface area contributed by atoms with E-state index in [0.717, 1.165) is 43.4 Å². The predicted octanol–water partition coefficient (Wildman–Crippen LogP) is 1.20. The van der Waals surface area contributed by atoms with Crippen LogP contribution in [0.3, 0.4) is 0 Å². The lowest BCUT2D eigenvalue weighted by atomic mass is 9.83. The Balaban J connectivity index is 1.45. The van der Waals surface area contributed by atoms with Gasteiger partial charge >= 0.3 is 5.97 Å². The Hall–Kier alpha value is -1.98. The van der Waals surface area contributed by atoms with Crippen molar-refractivity contribution in [2.24, 2.45) is 23.7 Å². The zero-order chi connectivity index (χ0) is 16.0. The lowest BCUT2D eigenvalue weighted by Gasteiger charge is -2.31. The topological polar surface area (TPSA) is 92.2 Å². The number of nitrogens with zero attached hydrogens (tertiary/aromatic N) is 2. The minimum Gasteiger partial charge on any atom is -0.481 e. The number of carbonyl (C=O) groups is 2. The first-order chi connectivity index (χ1) is 11.1. The van der Waals surface area contributed by atoms with E-state index in [4.69, 9.17) is 0 Å². The Bertz CT molecular complexity index is 648. The second-order valence-electron chi connectivity index (χ2n) is 7.17. The minimum atomic E-state index is -0.759.